The van der Waals surface area contributed by atoms with Crippen molar-refractivity contribution in [2.45, 2.75) is 30.2 Å². The second-order valence-electron chi connectivity index (χ2n) is 3.55. The lowest BCUT2D eigenvalue weighted by atomic mass is 10.0. The summed E-state index contributed by atoms with van der Waals surface area (Å²) in [6.45, 7) is -0.506. The normalized spacial score (nSPS) is 60.2. The number of hydrogen-bond acceptors (Lipinski definition) is 6. The molecule has 1 aliphatic carbocycles. The first kappa shape index (κ1) is 9.32. The highest BCUT2D eigenvalue weighted by atomic mass is 16.6. The van der Waals surface area contributed by atoms with Gasteiger partial charge in [0.15, 0.2) is 6.29 Å². The van der Waals surface area contributed by atoms with Gasteiger partial charge in [0.25, 0.3) is 0 Å². The standard InChI is InChI=1S/C7H12O6/c8-1-2-7(12)3(5(7)10)4(9)6(11)13-2/h2-6,8-12H,1H2/t2?,3?,4?,5?,6-,7?/m1/s1. The van der Waals surface area contributed by atoms with Gasteiger partial charge < -0.3 is 30.3 Å². The Labute approximate surface area is 74.0 Å². The van der Waals surface area contributed by atoms with Gasteiger partial charge in [0.1, 0.15) is 17.8 Å². The molecule has 0 aromatic heterocycles. The number of ether oxygens (including phenoxy) is 1. The topological polar surface area (TPSA) is 110 Å². The van der Waals surface area contributed by atoms with Crippen LogP contribution in [0, 0.1) is 5.92 Å². The number of fused-ring (bicyclic) bond motifs is 1. The fourth-order valence-electron chi connectivity index (χ4n) is 1.99. The van der Waals surface area contributed by atoms with Crippen LogP contribution in [0.25, 0.3) is 0 Å². The van der Waals surface area contributed by atoms with Gasteiger partial charge >= 0.3 is 0 Å². The van der Waals surface area contributed by atoms with Gasteiger partial charge in [0.05, 0.1) is 18.6 Å². The Bertz CT molecular complexity index is 217. The van der Waals surface area contributed by atoms with Crippen molar-refractivity contribution in [3.05, 3.63) is 0 Å². The summed E-state index contributed by atoms with van der Waals surface area (Å²) in [6, 6.07) is 0. The van der Waals surface area contributed by atoms with Crippen LogP contribution in [-0.4, -0.2) is 62.3 Å². The predicted octanol–water partition coefficient (Wildman–Crippen LogP) is -3.22. The minimum absolute atomic E-state index is 0.506. The zero-order valence-corrected chi connectivity index (χ0v) is 6.74. The van der Waals surface area contributed by atoms with Gasteiger partial charge in [-0.25, -0.2) is 0 Å². The lowest BCUT2D eigenvalue weighted by molar-refractivity contribution is -0.255. The summed E-state index contributed by atoms with van der Waals surface area (Å²) < 4.78 is 4.72. The first-order valence-corrected chi connectivity index (χ1v) is 4.06. The van der Waals surface area contributed by atoms with Gasteiger partial charge in [-0.3, -0.25) is 0 Å². The molecule has 0 spiro atoms. The SMILES string of the molecule is OCC1O[C@@H](O)C(O)C2C(O)C12O. The Morgan fingerprint density at radius 1 is 1.23 bits per heavy atom. The molecule has 2 fully saturated rings. The molecule has 5 unspecified atom stereocenters. The van der Waals surface area contributed by atoms with E-state index in [4.69, 9.17) is 14.9 Å². The molecule has 1 saturated heterocycles. The van der Waals surface area contributed by atoms with Crippen molar-refractivity contribution >= 4 is 0 Å². The summed E-state index contributed by atoms with van der Waals surface area (Å²) in [7, 11) is 0. The van der Waals surface area contributed by atoms with Crippen LogP contribution in [0.3, 0.4) is 0 Å². The van der Waals surface area contributed by atoms with Gasteiger partial charge in [0.2, 0.25) is 0 Å². The van der Waals surface area contributed by atoms with E-state index in [1.807, 2.05) is 0 Å². The molecule has 0 radical (unpaired) electrons. The van der Waals surface area contributed by atoms with Crippen LogP contribution in [0.1, 0.15) is 0 Å². The van der Waals surface area contributed by atoms with Crippen molar-refractivity contribution in [1.82, 2.24) is 0 Å². The van der Waals surface area contributed by atoms with E-state index in [1.165, 1.54) is 0 Å². The van der Waals surface area contributed by atoms with Gasteiger partial charge in [-0.05, 0) is 0 Å². The Kier molecular flexibility index (Phi) is 1.88. The van der Waals surface area contributed by atoms with Crippen molar-refractivity contribution in [3.8, 4) is 0 Å². The molecular formula is C7H12O6. The molecule has 0 aromatic carbocycles. The van der Waals surface area contributed by atoms with Crippen molar-refractivity contribution in [2.24, 2.45) is 5.92 Å². The van der Waals surface area contributed by atoms with E-state index < -0.39 is 42.7 Å². The maximum Gasteiger partial charge on any atom is 0.181 e. The highest BCUT2D eigenvalue weighted by molar-refractivity contribution is 5.22. The van der Waals surface area contributed by atoms with Crippen LogP contribution in [0.4, 0.5) is 0 Å². The third kappa shape index (κ3) is 0.983. The van der Waals surface area contributed by atoms with Crippen LogP contribution in [0.5, 0.6) is 0 Å². The summed E-state index contributed by atoms with van der Waals surface area (Å²) in [4.78, 5) is 0. The fraction of sp³-hybridized carbons (Fsp3) is 1.00. The minimum Gasteiger partial charge on any atom is -0.394 e. The molecule has 2 rings (SSSR count). The zero-order chi connectivity index (χ0) is 9.80. The predicted molar refractivity (Wildman–Crippen MR) is 38.4 cm³/mol. The van der Waals surface area contributed by atoms with Crippen molar-refractivity contribution < 1.29 is 30.3 Å². The number of hydrogen-bond donors (Lipinski definition) is 5. The second kappa shape index (κ2) is 2.63. The molecule has 0 bridgehead atoms. The molecule has 1 saturated carbocycles. The van der Waals surface area contributed by atoms with E-state index in [0.717, 1.165) is 0 Å². The van der Waals surface area contributed by atoms with E-state index in [0.29, 0.717) is 0 Å². The Hall–Kier alpha value is -0.240. The monoisotopic (exact) mass is 192 g/mol. The number of aliphatic hydroxyl groups is 5. The molecule has 1 aliphatic heterocycles. The largest absolute Gasteiger partial charge is 0.394 e. The Morgan fingerprint density at radius 3 is 2.38 bits per heavy atom. The average molecular weight is 192 g/mol. The molecule has 0 amide bonds. The molecular weight excluding hydrogens is 180 g/mol. The summed E-state index contributed by atoms with van der Waals surface area (Å²) in [6.07, 6.45) is -4.94. The molecule has 0 aromatic rings. The van der Waals surface area contributed by atoms with E-state index in [9.17, 15) is 15.3 Å². The number of rotatable bonds is 1. The minimum atomic E-state index is -1.60. The Morgan fingerprint density at radius 2 is 1.85 bits per heavy atom. The van der Waals surface area contributed by atoms with Crippen LogP contribution in [0.15, 0.2) is 0 Å². The van der Waals surface area contributed by atoms with Gasteiger partial charge in [-0.15, -0.1) is 0 Å². The smallest absolute Gasteiger partial charge is 0.181 e. The van der Waals surface area contributed by atoms with E-state index in [2.05, 4.69) is 0 Å². The fourth-order valence-corrected chi connectivity index (χ4v) is 1.99. The van der Waals surface area contributed by atoms with Crippen LogP contribution >= 0.6 is 0 Å². The molecule has 2 aliphatic rings. The molecule has 6 heteroatoms. The zero-order valence-electron chi connectivity index (χ0n) is 6.74. The van der Waals surface area contributed by atoms with Crippen LogP contribution in [-0.2, 0) is 4.74 Å². The highest BCUT2D eigenvalue weighted by Gasteiger charge is 2.74. The van der Waals surface area contributed by atoms with Gasteiger partial charge in [-0.1, -0.05) is 0 Å². The molecule has 1 heterocycles. The maximum atomic E-state index is 9.66. The highest BCUT2D eigenvalue weighted by Crippen LogP contribution is 2.53. The van der Waals surface area contributed by atoms with Crippen LogP contribution in [0.2, 0.25) is 0 Å². The van der Waals surface area contributed by atoms with E-state index in [1.54, 1.807) is 0 Å². The van der Waals surface area contributed by atoms with Gasteiger partial charge in [-0.2, -0.15) is 0 Å². The van der Waals surface area contributed by atoms with Gasteiger partial charge in [0, 0.05) is 0 Å². The van der Waals surface area contributed by atoms with Crippen molar-refractivity contribution in [1.29, 1.82) is 0 Å². The first-order valence-electron chi connectivity index (χ1n) is 4.06. The third-order valence-electron chi connectivity index (χ3n) is 2.88. The lowest BCUT2D eigenvalue weighted by Gasteiger charge is -2.32. The van der Waals surface area contributed by atoms with Crippen LogP contribution < -0.4 is 0 Å². The van der Waals surface area contributed by atoms with E-state index >= 15 is 0 Å². The molecule has 76 valence electrons. The maximum absolute atomic E-state index is 9.66. The average Bonchev–Trinajstić information content (AvgIpc) is 2.64. The summed E-state index contributed by atoms with van der Waals surface area (Å²) in [5.74, 6) is -0.826. The van der Waals surface area contributed by atoms with E-state index in [-0.39, 0.29) is 0 Å². The molecule has 5 N–H and O–H groups in total. The quantitative estimate of drug-likeness (QED) is 0.299. The molecule has 6 atom stereocenters. The lowest BCUT2D eigenvalue weighted by Crippen LogP contribution is -2.50. The summed E-state index contributed by atoms with van der Waals surface area (Å²) in [5.41, 5.74) is -1.60. The first-order chi connectivity index (χ1) is 6.03. The third-order valence-corrected chi connectivity index (χ3v) is 2.88. The summed E-state index contributed by atoms with van der Waals surface area (Å²) in [5, 5.41) is 46.1. The number of aliphatic hydroxyl groups excluding tert-OH is 4. The Balaban J connectivity index is 2.20. The second-order valence-corrected chi connectivity index (χ2v) is 3.55. The molecule has 6 nitrogen and oxygen atoms in total. The van der Waals surface area contributed by atoms with Crippen molar-refractivity contribution in [2.75, 3.05) is 6.61 Å². The summed E-state index contributed by atoms with van der Waals surface area (Å²) >= 11 is 0. The molecule has 13 heavy (non-hydrogen) atoms. The van der Waals surface area contributed by atoms with Crippen molar-refractivity contribution in [3.63, 3.8) is 0 Å².